The number of aromatic nitrogens is 2. The van der Waals surface area contributed by atoms with Crippen molar-refractivity contribution in [1.82, 2.24) is 9.78 Å². The standard InChI is InChI=1S/C14H13ClN2O4/c1-3-21-14(19)13-12(18)6-7-17(16-13)11-8-9(20-2)4-5-10(11)15/h4-8H,3H2,1-2H3. The molecule has 0 aliphatic heterocycles. The van der Waals surface area contributed by atoms with Crippen molar-refractivity contribution in [3.8, 4) is 11.4 Å². The summed E-state index contributed by atoms with van der Waals surface area (Å²) in [4.78, 5) is 23.4. The number of ether oxygens (including phenoxy) is 2. The Morgan fingerprint density at radius 1 is 1.38 bits per heavy atom. The first-order valence-electron chi connectivity index (χ1n) is 6.17. The number of esters is 1. The summed E-state index contributed by atoms with van der Waals surface area (Å²) >= 11 is 6.11. The molecule has 21 heavy (non-hydrogen) atoms. The fourth-order valence-corrected chi connectivity index (χ4v) is 1.88. The average molecular weight is 309 g/mol. The Morgan fingerprint density at radius 3 is 2.81 bits per heavy atom. The molecule has 1 heterocycles. The van der Waals surface area contributed by atoms with Crippen molar-refractivity contribution in [3.05, 3.63) is 51.4 Å². The maximum atomic E-state index is 11.7. The predicted molar refractivity (Wildman–Crippen MR) is 77.4 cm³/mol. The van der Waals surface area contributed by atoms with Crippen LogP contribution in [0.5, 0.6) is 5.75 Å². The van der Waals surface area contributed by atoms with Gasteiger partial charge < -0.3 is 9.47 Å². The number of carbonyl (C=O) groups excluding carboxylic acids is 1. The summed E-state index contributed by atoms with van der Waals surface area (Å²) in [6.45, 7) is 1.81. The molecule has 0 atom stereocenters. The lowest BCUT2D eigenvalue weighted by Crippen LogP contribution is -2.22. The van der Waals surface area contributed by atoms with E-state index in [1.54, 1.807) is 25.1 Å². The number of hydrogen-bond donors (Lipinski definition) is 0. The van der Waals surface area contributed by atoms with Gasteiger partial charge in [0.05, 0.1) is 24.4 Å². The summed E-state index contributed by atoms with van der Waals surface area (Å²) in [5, 5.41) is 4.39. The molecule has 0 unspecified atom stereocenters. The van der Waals surface area contributed by atoms with Gasteiger partial charge in [0.15, 0.2) is 0 Å². The summed E-state index contributed by atoms with van der Waals surface area (Å²) in [7, 11) is 1.52. The van der Waals surface area contributed by atoms with Gasteiger partial charge >= 0.3 is 5.97 Å². The number of benzene rings is 1. The molecule has 1 aromatic carbocycles. The molecule has 0 amide bonds. The largest absolute Gasteiger partial charge is 0.497 e. The third kappa shape index (κ3) is 3.22. The highest BCUT2D eigenvalue weighted by Crippen LogP contribution is 2.24. The van der Waals surface area contributed by atoms with E-state index >= 15 is 0 Å². The third-order valence-corrected chi connectivity index (χ3v) is 3.00. The Balaban J connectivity index is 2.53. The van der Waals surface area contributed by atoms with Crippen LogP contribution in [0.4, 0.5) is 0 Å². The number of halogens is 1. The Kier molecular flexibility index (Phi) is 4.59. The van der Waals surface area contributed by atoms with Gasteiger partial charge in [0, 0.05) is 18.3 Å². The van der Waals surface area contributed by atoms with E-state index in [1.807, 2.05) is 0 Å². The Labute approximate surface area is 125 Å². The van der Waals surface area contributed by atoms with Crippen LogP contribution in [0.1, 0.15) is 17.4 Å². The van der Waals surface area contributed by atoms with Crippen molar-refractivity contribution in [2.24, 2.45) is 0 Å². The highest BCUT2D eigenvalue weighted by atomic mass is 35.5. The summed E-state index contributed by atoms with van der Waals surface area (Å²) in [5.74, 6) is -0.191. The van der Waals surface area contributed by atoms with E-state index < -0.39 is 11.4 Å². The number of nitrogens with zero attached hydrogens (tertiary/aromatic N) is 2. The van der Waals surface area contributed by atoms with Crippen molar-refractivity contribution in [2.45, 2.75) is 6.92 Å². The van der Waals surface area contributed by atoms with E-state index in [0.717, 1.165) is 0 Å². The van der Waals surface area contributed by atoms with E-state index in [2.05, 4.69) is 5.10 Å². The van der Waals surface area contributed by atoms with Crippen molar-refractivity contribution in [1.29, 1.82) is 0 Å². The Bertz CT molecular complexity index is 727. The number of hydrogen-bond acceptors (Lipinski definition) is 5. The second kappa shape index (κ2) is 6.41. The van der Waals surface area contributed by atoms with Gasteiger partial charge in [-0.3, -0.25) is 4.79 Å². The molecule has 0 saturated heterocycles. The van der Waals surface area contributed by atoms with Gasteiger partial charge in [-0.2, -0.15) is 5.10 Å². The van der Waals surface area contributed by atoms with Gasteiger partial charge in [-0.25, -0.2) is 9.48 Å². The van der Waals surface area contributed by atoms with Crippen LogP contribution in [0.3, 0.4) is 0 Å². The molecule has 0 bridgehead atoms. The van der Waals surface area contributed by atoms with Crippen molar-refractivity contribution < 1.29 is 14.3 Å². The maximum Gasteiger partial charge on any atom is 0.362 e. The molecule has 2 rings (SSSR count). The van der Waals surface area contributed by atoms with E-state index in [4.69, 9.17) is 21.1 Å². The first-order chi connectivity index (χ1) is 10.1. The molecule has 0 fully saturated rings. The van der Waals surface area contributed by atoms with Crippen LogP contribution >= 0.6 is 11.6 Å². The summed E-state index contributed by atoms with van der Waals surface area (Å²) < 4.78 is 11.3. The first kappa shape index (κ1) is 15.1. The maximum absolute atomic E-state index is 11.7. The van der Waals surface area contributed by atoms with Gasteiger partial charge in [0.25, 0.3) is 0 Å². The molecule has 0 aliphatic carbocycles. The molecular weight excluding hydrogens is 296 g/mol. The molecule has 2 aromatic rings. The predicted octanol–water partition coefficient (Wildman–Crippen LogP) is 2.07. The molecule has 110 valence electrons. The monoisotopic (exact) mass is 308 g/mol. The highest BCUT2D eigenvalue weighted by molar-refractivity contribution is 6.32. The lowest BCUT2D eigenvalue weighted by atomic mass is 10.3. The second-order valence-corrected chi connectivity index (χ2v) is 4.42. The fraction of sp³-hybridized carbons (Fsp3) is 0.214. The fourth-order valence-electron chi connectivity index (χ4n) is 1.68. The van der Waals surface area contributed by atoms with Gasteiger partial charge in [-0.15, -0.1) is 0 Å². The van der Waals surface area contributed by atoms with Crippen molar-refractivity contribution >= 4 is 17.6 Å². The summed E-state index contributed by atoms with van der Waals surface area (Å²) in [6.07, 6.45) is 1.42. The lowest BCUT2D eigenvalue weighted by Gasteiger charge is -2.10. The number of carbonyl (C=O) groups is 1. The van der Waals surface area contributed by atoms with Crippen LogP contribution in [0, 0.1) is 0 Å². The van der Waals surface area contributed by atoms with Gasteiger partial charge in [-0.1, -0.05) is 11.6 Å². The van der Waals surface area contributed by atoms with Crippen molar-refractivity contribution in [3.63, 3.8) is 0 Å². The zero-order valence-corrected chi connectivity index (χ0v) is 12.3. The normalized spacial score (nSPS) is 10.2. The zero-order valence-electron chi connectivity index (χ0n) is 11.5. The van der Waals surface area contributed by atoms with E-state index in [0.29, 0.717) is 16.5 Å². The second-order valence-electron chi connectivity index (χ2n) is 4.01. The third-order valence-electron chi connectivity index (χ3n) is 2.68. The minimum atomic E-state index is -0.768. The smallest absolute Gasteiger partial charge is 0.362 e. The number of methoxy groups -OCH3 is 1. The molecule has 6 nitrogen and oxygen atoms in total. The van der Waals surface area contributed by atoms with Crippen molar-refractivity contribution in [2.75, 3.05) is 13.7 Å². The minimum absolute atomic E-state index is 0.161. The Morgan fingerprint density at radius 2 is 2.14 bits per heavy atom. The van der Waals surface area contributed by atoms with Gasteiger partial charge in [-0.05, 0) is 19.1 Å². The number of rotatable bonds is 4. The van der Waals surface area contributed by atoms with Crippen LogP contribution in [0.2, 0.25) is 5.02 Å². The minimum Gasteiger partial charge on any atom is -0.497 e. The van der Waals surface area contributed by atoms with E-state index in [9.17, 15) is 9.59 Å². The molecule has 7 heteroatoms. The lowest BCUT2D eigenvalue weighted by molar-refractivity contribution is 0.0515. The summed E-state index contributed by atoms with van der Waals surface area (Å²) in [5.41, 5.74) is -0.316. The van der Waals surface area contributed by atoms with E-state index in [1.165, 1.54) is 24.1 Å². The molecule has 1 aromatic heterocycles. The van der Waals surface area contributed by atoms with Crippen LogP contribution in [-0.2, 0) is 4.74 Å². The molecule has 0 radical (unpaired) electrons. The topological polar surface area (TPSA) is 70.4 Å². The summed E-state index contributed by atoms with van der Waals surface area (Å²) in [6, 6.07) is 6.21. The molecule has 0 N–H and O–H groups in total. The first-order valence-corrected chi connectivity index (χ1v) is 6.55. The molecule has 0 aliphatic rings. The van der Waals surface area contributed by atoms with Gasteiger partial charge in [0.2, 0.25) is 11.1 Å². The Hall–Kier alpha value is -2.34. The van der Waals surface area contributed by atoms with Crippen LogP contribution in [-0.4, -0.2) is 29.5 Å². The molecule has 0 spiro atoms. The van der Waals surface area contributed by atoms with Crippen LogP contribution in [0.15, 0.2) is 35.3 Å². The quantitative estimate of drug-likeness (QED) is 0.809. The molecule has 0 saturated carbocycles. The van der Waals surface area contributed by atoms with Crippen LogP contribution < -0.4 is 10.2 Å². The average Bonchev–Trinajstić information content (AvgIpc) is 2.48. The zero-order chi connectivity index (χ0) is 15.4. The SMILES string of the molecule is CCOC(=O)c1nn(-c2cc(OC)ccc2Cl)ccc1=O. The van der Waals surface area contributed by atoms with Gasteiger partial charge in [0.1, 0.15) is 5.75 Å². The van der Waals surface area contributed by atoms with E-state index in [-0.39, 0.29) is 12.3 Å². The van der Waals surface area contributed by atoms with Crippen LogP contribution in [0.25, 0.3) is 5.69 Å². The molecular formula is C14H13ClN2O4. The highest BCUT2D eigenvalue weighted by Gasteiger charge is 2.15.